The first-order chi connectivity index (χ1) is 12.1. The topological polar surface area (TPSA) is 96.5 Å². The number of allylic oxidation sites excluding steroid dienone is 2. The van der Waals surface area contributed by atoms with E-state index in [1.165, 1.54) is 0 Å². The number of aromatic nitrogens is 2. The van der Waals surface area contributed by atoms with E-state index >= 15 is 0 Å². The summed E-state index contributed by atoms with van der Waals surface area (Å²) in [5, 5.41) is 13.4. The maximum atomic E-state index is 12.9. The number of piperidine rings is 1. The van der Waals surface area contributed by atoms with E-state index in [-0.39, 0.29) is 11.8 Å². The van der Waals surface area contributed by atoms with E-state index in [4.69, 9.17) is 4.52 Å². The summed E-state index contributed by atoms with van der Waals surface area (Å²) < 4.78 is 5.39. The molecule has 1 aliphatic carbocycles. The van der Waals surface area contributed by atoms with Gasteiger partial charge in [0, 0.05) is 19.5 Å². The Kier molecular flexibility index (Phi) is 5.50. The molecule has 1 aromatic rings. The number of nitrogens with zero attached hydrogens (tertiary/aromatic N) is 3. The first-order valence-electron chi connectivity index (χ1n) is 9.09. The number of likely N-dealkylation sites (tertiary alicyclic amines) is 1. The SMILES string of the molecule is CCCc1noc([C@@H]2CCCN(C(=O)[C@H]3CC=CC[C@@H]3C(=O)O)C2)n1. The number of amides is 1. The van der Waals surface area contributed by atoms with Crippen LogP contribution in [0.3, 0.4) is 0 Å². The van der Waals surface area contributed by atoms with E-state index in [1.54, 1.807) is 4.90 Å². The zero-order chi connectivity index (χ0) is 17.8. The van der Waals surface area contributed by atoms with Gasteiger partial charge in [-0.15, -0.1) is 0 Å². The molecule has 1 aromatic heterocycles. The van der Waals surface area contributed by atoms with Crippen LogP contribution in [0.5, 0.6) is 0 Å². The van der Waals surface area contributed by atoms with Gasteiger partial charge < -0.3 is 14.5 Å². The number of hydrogen-bond acceptors (Lipinski definition) is 5. The van der Waals surface area contributed by atoms with Crippen molar-refractivity contribution in [2.75, 3.05) is 13.1 Å². The lowest BCUT2D eigenvalue weighted by Crippen LogP contribution is -2.45. The van der Waals surface area contributed by atoms with E-state index in [1.807, 2.05) is 12.2 Å². The highest BCUT2D eigenvalue weighted by Gasteiger charge is 2.38. The van der Waals surface area contributed by atoms with E-state index in [2.05, 4.69) is 17.1 Å². The molecule has 0 radical (unpaired) electrons. The summed E-state index contributed by atoms with van der Waals surface area (Å²) >= 11 is 0. The Morgan fingerprint density at radius 3 is 2.80 bits per heavy atom. The Labute approximate surface area is 147 Å². The molecule has 0 aromatic carbocycles. The summed E-state index contributed by atoms with van der Waals surface area (Å²) in [7, 11) is 0. The van der Waals surface area contributed by atoms with Crippen molar-refractivity contribution in [2.45, 2.75) is 51.4 Å². The lowest BCUT2D eigenvalue weighted by Gasteiger charge is -2.35. The zero-order valence-electron chi connectivity index (χ0n) is 14.6. The first-order valence-corrected chi connectivity index (χ1v) is 9.09. The molecule has 3 rings (SSSR count). The molecule has 0 saturated carbocycles. The Morgan fingerprint density at radius 2 is 2.08 bits per heavy atom. The average Bonchev–Trinajstić information content (AvgIpc) is 3.10. The zero-order valence-corrected chi connectivity index (χ0v) is 14.6. The van der Waals surface area contributed by atoms with Gasteiger partial charge in [0.15, 0.2) is 5.82 Å². The second-order valence-corrected chi connectivity index (χ2v) is 6.92. The molecule has 1 amide bonds. The number of carboxylic acid groups (broad SMARTS) is 1. The molecule has 0 spiro atoms. The molecule has 1 fully saturated rings. The number of hydrogen-bond donors (Lipinski definition) is 1. The van der Waals surface area contributed by atoms with Gasteiger partial charge in [0.1, 0.15) is 0 Å². The molecule has 1 saturated heterocycles. The van der Waals surface area contributed by atoms with Crippen molar-refractivity contribution < 1.29 is 19.2 Å². The van der Waals surface area contributed by atoms with Crippen molar-refractivity contribution in [3.8, 4) is 0 Å². The summed E-state index contributed by atoms with van der Waals surface area (Å²) in [5.74, 6) is -0.703. The van der Waals surface area contributed by atoms with Crippen LogP contribution in [0.15, 0.2) is 16.7 Å². The van der Waals surface area contributed by atoms with E-state index in [0.29, 0.717) is 37.6 Å². The molecular formula is C18H25N3O4. The summed E-state index contributed by atoms with van der Waals surface area (Å²) in [6.07, 6.45) is 8.21. The van der Waals surface area contributed by atoms with Crippen LogP contribution in [0.2, 0.25) is 0 Å². The van der Waals surface area contributed by atoms with E-state index in [0.717, 1.165) is 25.7 Å². The fourth-order valence-corrected chi connectivity index (χ4v) is 3.73. The van der Waals surface area contributed by atoms with Gasteiger partial charge in [-0.05, 0) is 32.1 Å². The van der Waals surface area contributed by atoms with Gasteiger partial charge in [-0.2, -0.15) is 4.98 Å². The number of rotatable bonds is 5. The van der Waals surface area contributed by atoms with Gasteiger partial charge in [-0.25, -0.2) is 0 Å². The molecular weight excluding hydrogens is 322 g/mol. The smallest absolute Gasteiger partial charge is 0.307 e. The summed E-state index contributed by atoms with van der Waals surface area (Å²) in [4.78, 5) is 30.6. The highest BCUT2D eigenvalue weighted by Crippen LogP contribution is 2.31. The molecule has 1 N–H and O–H groups in total. The van der Waals surface area contributed by atoms with Gasteiger partial charge in [-0.1, -0.05) is 24.2 Å². The Balaban J connectivity index is 1.68. The van der Waals surface area contributed by atoms with Crippen molar-refractivity contribution in [2.24, 2.45) is 11.8 Å². The van der Waals surface area contributed by atoms with Crippen molar-refractivity contribution >= 4 is 11.9 Å². The van der Waals surface area contributed by atoms with Crippen LogP contribution in [0.4, 0.5) is 0 Å². The Morgan fingerprint density at radius 1 is 1.32 bits per heavy atom. The predicted octanol–water partition coefficient (Wildman–Crippen LogP) is 2.40. The summed E-state index contributed by atoms with van der Waals surface area (Å²) in [6.45, 7) is 3.26. The molecule has 1 aliphatic heterocycles. The van der Waals surface area contributed by atoms with Gasteiger partial charge >= 0.3 is 5.97 Å². The number of carbonyl (C=O) groups excluding carboxylic acids is 1. The normalized spacial score (nSPS) is 26.6. The van der Waals surface area contributed by atoms with Gasteiger partial charge in [0.05, 0.1) is 17.8 Å². The van der Waals surface area contributed by atoms with Crippen LogP contribution in [0.25, 0.3) is 0 Å². The summed E-state index contributed by atoms with van der Waals surface area (Å²) in [5.41, 5.74) is 0. The number of carbonyl (C=O) groups is 2. The van der Waals surface area contributed by atoms with Crippen LogP contribution < -0.4 is 0 Å². The quantitative estimate of drug-likeness (QED) is 0.822. The standard InChI is InChI=1S/C18H25N3O4/c1-2-6-15-19-16(25-20-15)12-7-5-10-21(11-12)17(22)13-8-3-4-9-14(13)18(23)24/h3-4,12-14H,2,5-11H2,1H3,(H,23,24)/t12-,13+,14+/m1/s1. The predicted molar refractivity (Wildman–Crippen MR) is 89.8 cm³/mol. The maximum absolute atomic E-state index is 12.9. The molecule has 3 atom stereocenters. The average molecular weight is 347 g/mol. The highest BCUT2D eigenvalue weighted by atomic mass is 16.5. The fraction of sp³-hybridized carbons (Fsp3) is 0.667. The molecule has 0 unspecified atom stereocenters. The monoisotopic (exact) mass is 347 g/mol. The van der Waals surface area contributed by atoms with Crippen molar-refractivity contribution in [1.29, 1.82) is 0 Å². The second kappa shape index (κ2) is 7.80. The lowest BCUT2D eigenvalue weighted by molar-refractivity contribution is -0.151. The minimum atomic E-state index is -0.891. The molecule has 7 nitrogen and oxygen atoms in total. The molecule has 2 heterocycles. The fourth-order valence-electron chi connectivity index (χ4n) is 3.73. The molecule has 2 aliphatic rings. The summed E-state index contributed by atoms with van der Waals surface area (Å²) in [6, 6.07) is 0. The third-order valence-corrected chi connectivity index (χ3v) is 5.11. The molecule has 136 valence electrons. The van der Waals surface area contributed by atoms with Crippen molar-refractivity contribution in [1.82, 2.24) is 15.0 Å². The second-order valence-electron chi connectivity index (χ2n) is 6.92. The maximum Gasteiger partial charge on any atom is 0.307 e. The highest BCUT2D eigenvalue weighted by molar-refractivity contribution is 5.85. The molecule has 0 bridgehead atoms. The third kappa shape index (κ3) is 3.91. The lowest BCUT2D eigenvalue weighted by atomic mass is 9.81. The largest absolute Gasteiger partial charge is 0.481 e. The number of aliphatic carboxylic acids is 1. The molecule has 25 heavy (non-hydrogen) atoms. The number of aryl methyl sites for hydroxylation is 1. The van der Waals surface area contributed by atoms with Gasteiger partial charge in [-0.3, -0.25) is 9.59 Å². The van der Waals surface area contributed by atoms with Gasteiger partial charge in [0.25, 0.3) is 0 Å². The van der Waals surface area contributed by atoms with Crippen LogP contribution in [0, 0.1) is 11.8 Å². The third-order valence-electron chi connectivity index (χ3n) is 5.11. The van der Waals surface area contributed by atoms with Crippen LogP contribution in [-0.4, -0.2) is 45.1 Å². The van der Waals surface area contributed by atoms with Gasteiger partial charge in [0.2, 0.25) is 11.8 Å². The Bertz CT molecular complexity index is 655. The number of carboxylic acids is 1. The minimum Gasteiger partial charge on any atom is -0.481 e. The van der Waals surface area contributed by atoms with E-state index < -0.39 is 17.8 Å². The van der Waals surface area contributed by atoms with Crippen molar-refractivity contribution in [3.63, 3.8) is 0 Å². The first kappa shape index (κ1) is 17.6. The minimum absolute atomic E-state index is 0.0400. The van der Waals surface area contributed by atoms with E-state index in [9.17, 15) is 14.7 Å². The van der Waals surface area contributed by atoms with Crippen molar-refractivity contribution in [3.05, 3.63) is 23.9 Å². The van der Waals surface area contributed by atoms with Crippen LogP contribution in [0.1, 0.15) is 56.7 Å². The van der Waals surface area contributed by atoms with Crippen LogP contribution in [-0.2, 0) is 16.0 Å². The molecule has 7 heteroatoms. The Hall–Kier alpha value is -2.18. The van der Waals surface area contributed by atoms with Crippen LogP contribution >= 0.6 is 0 Å².